The van der Waals surface area contributed by atoms with E-state index in [-0.39, 0.29) is 11.8 Å². The van der Waals surface area contributed by atoms with Crippen LogP contribution in [-0.4, -0.2) is 25.7 Å². The van der Waals surface area contributed by atoms with Crippen molar-refractivity contribution in [3.63, 3.8) is 0 Å². The molecule has 7 heteroatoms. The highest BCUT2D eigenvalue weighted by Gasteiger charge is 2.21. The van der Waals surface area contributed by atoms with E-state index in [1.54, 1.807) is 35.4 Å². The van der Waals surface area contributed by atoms with E-state index < -0.39 is 0 Å². The number of aromatic nitrogens is 4. The molecule has 128 valence electrons. The molecule has 0 bridgehead atoms. The van der Waals surface area contributed by atoms with Crippen molar-refractivity contribution in [1.29, 1.82) is 0 Å². The van der Waals surface area contributed by atoms with Gasteiger partial charge in [0.1, 0.15) is 12.0 Å². The Bertz CT molecular complexity index is 850. The van der Waals surface area contributed by atoms with E-state index in [4.69, 9.17) is 11.6 Å². The highest BCUT2D eigenvalue weighted by Crippen LogP contribution is 2.26. The molecule has 0 radical (unpaired) electrons. The summed E-state index contributed by atoms with van der Waals surface area (Å²) in [5.74, 6) is 0.108. The van der Waals surface area contributed by atoms with Crippen molar-refractivity contribution in [3.8, 4) is 5.82 Å². The summed E-state index contributed by atoms with van der Waals surface area (Å²) in [5, 5.41) is 7.71. The van der Waals surface area contributed by atoms with Crippen molar-refractivity contribution in [2.24, 2.45) is 0 Å². The van der Waals surface area contributed by atoms with E-state index in [1.807, 2.05) is 25.1 Å². The SMILES string of the molecule is CCCC(C(=O)Nc1cncnc1-n1cccn1)c1cccc(Cl)c1. The molecule has 1 N–H and O–H groups in total. The normalized spacial score (nSPS) is 11.9. The minimum atomic E-state index is -0.297. The van der Waals surface area contributed by atoms with E-state index in [1.165, 1.54) is 6.33 Å². The van der Waals surface area contributed by atoms with Crippen LogP contribution < -0.4 is 5.32 Å². The quantitative estimate of drug-likeness (QED) is 0.729. The smallest absolute Gasteiger partial charge is 0.232 e. The van der Waals surface area contributed by atoms with Crippen molar-refractivity contribution in [1.82, 2.24) is 19.7 Å². The van der Waals surface area contributed by atoms with Crippen LogP contribution in [0.25, 0.3) is 5.82 Å². The van der Waals surface area contributed by atoms with Crippen LogP contribution in [0.3, 0.4) is 0 Å². The standard InChI is InChI=1S/C18H18ClN5O/c1-2-5-15(13-6-3-7-14(19)10-13)18(25)23-16-11-20-12-21-17(16)24-9-4-8-22-24/h3-4,6-12,15H,2,5H2,1H3,(H,23,25). The molecule has 0 spiro atoms. The molecule has 3 aromatic rings. The minimum Gasteiger partial charge on any atom is -0.321 e. The predicted molar refractivity (Wildman–Crippen MR) is 96.9 cm³/mol. The first-order chi connectivity index (χ1) is 12.2. The zero-order valence-corrected chi connectivity index (χ0v) is 14.5. The molecule has 0 saturated carbocycles. The third-order valence-electron chi connectivity index (χ3n) is 3.82. The second kappa shape index (κ2) is 7.90. The summed E-state index contributed by atoms with van der Waals surface area (Å²) in [6, 6.07) is 9.19. The van der Waals surface area contributed by atoms with Gasteiger partial charge in [-0.2, -0.15) is 5.10 Å². The first-order valence-electron chi connectivity index (χ1n) is 8.05. The number of anilines is 1. The molecule has 6 nitrogen and oxygen atoms in total. The highest BCUT2D eigenvalue weighted by molar-refractivity contribution is 6.30. The van der Waals surface area contributed by atoms with Crippen LogP contribution in [0.2, 0.25) is 5.02 Å². The average Bonchev–Trinajstić information content (AvgIpc) is 3.14. The maximum atomic E-state index is 12.9. The van der Waals surface area contributed by atoms with Crippen LogP contribution in [0.4, 0.5) is 5.69 Å². The van der Waals surface area contributed by atoms with Crippen molar-refractivity contribution in [3.05, 3.63) is 65.8 Å². The molecule has 1 amide bonds. The van der Waals surface area contributed by atoms with Crippen LogP contribution in [-0.2, 0) is 4.79 Å². The number of halogens is 1. The third-order valence-corrected chi connectivity index (χ3v) is 4.05. The van der Waals surface area contributed by atoms with Crippen molar-refractivity contribution in [2.45, 2.75) is 25.7 Å². The maximum absolute atomic E-state index is 12.9. The Hall–Kier alpha value is -2.73. The number of nitrogens with one attached hydrogen (secondary N) is 1. The zero-order valence-electron chi connectivity index (χ0n) is 13.8. The van der Waals surface area contributed by atoms with Gasteiger partial charge in [0.2, 0.25) is 5.91 Å². The van der Waals surface area contributed by atoms with E-state index >= 15 is 0 Å². The zero-order chi connectivity index (χ0) is 17.6. The summed E-state index contributed by atoms with van der Waals surface area (Å²) in [5.41, 5.74) is 1.41. The number of amides is 1. The van der Waals surface area contributed by atoms with Gasteiger partial charge in [0.05, 0.1) is 12.1 Å². The second-order valence-electron chi connectivity index (χ2n) is 5.60. The molecule has 1 atom stereocenters. The summed E-state index contributed by atoms with van der Waals surface area (Å²) in [4.78, 5) is 21.1. The molecule has 3 rings (SSSR count). The molecule has 2 aromatic heterocycles. The first-order valence-corrected chi connectivity index (χ1v) is 8.43. The average molecular weight is 356 g/mol. The van der Waals surface area contributed by atoms with Crippen LogP contribution >= 0.6 is 11.6 Å². The molecule has 0 aliphatic rings. The molecule has 25 heavy (non-hydrogen) atoms. The van der Waals surface area contributed by atoms with Gasteiger partial charge in [0.15, 0.2) is 5.82 Å². The number of hydrogen-bond acceptors (Lipinski definition) is 4. The number of nitrogens with zero attached hydrogens (tertiary/aromatic N) is 4. The Morgan fingerprint density at radius 1 is 1.36 bits per heavy atom. The minimum absolute atomic E-state index is 0.118. The van der Waals surface area contributed by atoms with Crippen LogP contribution in [0, 0.1) is 0 Å². The van der Waals surface area contributed by atoms with Crippen LogP contribution in [0.15, 0.2) is 55.2 Å². The molecular weight excluding hydrogens is 338 g/mol. The van der Waals surface area contributed by atoms with E-state index in [0.717, 1.165) is 18.4 Å². The fraction of sp³-hybridized carbons (Fsp3) is 0.222. The number of carbonyl (C=O) groups is 1. The van der Waals surface area contributed by atoms with Crippen molar-refractivity contribution < 1.29 is 4.79 Å². The molecule has 0 aliphatic heterocycles. The summed E-state index contributed by atoms with van der Waals surface area (Å²) in [6.07, 6.45) is 8.01. The molecule has 0 fully saturated rings. The molecule has 1 aromatic carbocycles. The first kappa shape index (κ1) is 17.1. The Morgan fingerprint density at radius 3 is 2.96 bits per heavy atom. The summed E-state index contributed by atoms with van der Waals surface area (Å²) >= 11 is 6.08. The lowest BCUT2D eigenvalue weighted by atomic mass is 9.93. The lowest BCUT2D eigenvalue weighted by molar-refractivity contribution is -0.117. The van der Waals surface area contributed by atoms with Crippen molar-refractivity contribution >= 4 is 23.2 Å². The Morgan fingerprint density at radius 2 is 2.24 bits per heavy atom. The number of hydrogen-bond donors (Lipinski definition) is 1. The third kappa shape index (κ3) is 4.03. The van der Waals surface area contributed by atoms with E-state index in [9.17, 15) is 4.79 Å². The Kier molecular flexibility index (Phi) is 5.40. The van der Waals surface area contributed by atoms with Gasteiger partial charge in [-0.05, 0) is 30.2 Å². The van der Waals surface area contributed by atoms with Gasteiger partial charge in [0.25, 0.3) is 0 Å². The monoisotopic (exact) mass is 355 g/mol. The molecule has 2 heterocycles. The lowest BCUT2D eigenvalue weighted by Crippen LogP contribution is -2.22. The number of benzene rings is 1. The van der Waals surface area contributed by atoms with Gasteiger partial charge in [-0.1, -0.05) is 37.1 Å². The number of carbonyl (C=O) groups excluding carboxylic acids is 1. The van der Waals surface area contributed by atoms with E-state index in [0.29, 0.717) is 16.5 Å². The highest BCUT2D eigenvalue weighted by atomic mass is 35.5. The summed E-state index contributed by atoms with van der Waals surface area (Å²) in [6.45, 7) is 2.05. The molecule has 0 aliphatic carbocycles. The van der Waals surface area contributed by atoms with Gasteiger partial charge in [-0.25, -0.2) is 14.6 Å². The molecular formula is C18H18ClN5O. The van der Waals surface area contributed by atoms with Gasteiger partial charge >= 0.3 is 0 Å². The lowest BCUT2D eigenvalue weighted by Gasteiger charge is -2.17. The van der Waals surface area contributed by atoms with Gasteiger partial charge in [-0.15, -0.1) is 0 Å². The molecule has 1 unspecified atom stereocenters. The molecule has 0 saturated heterocycles. The largest absolute Gasteiger partial charge is 0.321 e. The van der Waals surface area contributed by atoms with Crippen LogP contribution in [0.5, 0.6) is 0 Å². The summed E-state index contributed by atoms with van der Waals surface area (Å²) < 4.78 is 1.59. The fourth-order valence-electron chi connectivity index (χ4n) is 2.67. The van der Waals surface area contributed by atoms with Gasteiger partial charge in [0, 0.05) is 17.4 Å². The Balaban J connectivity index is 1.88. The van der Waals surface area contributed by atoms with Crippen molar-refractivity contribution in [2.75, 3.05) is 5.32 Å². The maximum Gasteiger partial charge on any atom is 0.232 e. The number of rotatable bonds is 6. The van der Waals surface area contributed by atoms with Gasteiger partial charge < -0.3 is 5.32 Å². The Labute approximate surface area is 150 Å². The fourth-order valence-corrected chi connectivity index (χ4v) is 2.87. The topological polar surface area (TPSA) is 72.7 Å². The predicted octanol–water partition coefficient (Wildman–Crippen LogP) is 3.84. The van der Waals surface area contributed by atoms with Crippen LogP contribution in [0.1, 0.15) is 31.2 Å². The summed E-state index contributed by atoms with van der Waals surface area (Å²) in [7, 11) is 0. The van der Waals surface area contributed by atoms with E-state index in [2.05, 4.69) is 20.4 Å². The van der Waals surface area contributed by atoms with Gasteiger partial charge in [-0.3, -0.25) is 4.79 Å². The second-order valence-corrected chi connectivity index (χ2v) is 6.03.